The van der Waals surface area contributed by atoms with Gasteiger partial charge in [-0.25, -0.2) is 0 Å². The lowest BCUT2D eigenvalue weighted by Gasteiger charge is -2.17. The minimum Gasteiger partial charge on any atom is -0.316 e. The van der Waals surface area contributed by atoms with Crippen LogP contribution in [0.15, 0.2) is 41.1 Å². The van der Waals surface area contributed by atoms with Gasteiger partial charge in [0, 0.05) is 0 Å². The fourth-order valence-electron chi connectivity index (χ4n) is 2.61. The van der Waals surface area contributed by atoms with Crippen molar-refractivity contribution in [3.05, 3.63) is 57.8 Å². The molecule has 0 aliphatic rings. The Kier molecular flexibility index (Phi) is 6.28. The lowest BCUT2D eigenvalue weighted by molar-refractivity contribution is 0.471. The number of nitrogens with one attached hydrogen (secondary N) is 1. The average Bonchev–Trinajstić information content (AvgIpc) is 2.92. The normalized spacial score (nSPS) is 12.5. The highest BCUT2D eigenvalue weighted by Crippen LogP contribution is 2.17. The zero-order chi connectivity index (χ0) is 14.2. The van der Waals surface area contributed by atoms with Crippen LogP contribution in [0.1, 0.15) is 30.0 Å². The van der Waals surface area contributed by atoms with Crippen LogP contribution in [0.4, 0.5) is 0 Å². The highest BCUT2D eigenvalue weighted by Gasteiger charge is 2.11. The summed E-state index contributed by atoms with van der Waals surface area (Å²) in [4.78, 5) is 0. The fourth-order valence-corrected chi connectivity index (χ4v) is 3.30. The Balaban J connectivity index is 1.97. The van der Waals surface area contributed by atoms with Crippen LogP contribution in [0, 0.1) is 12.8 Å². The van der Waals surface area contributed by atoms with Crippen molar-refractivity contribution in [3.8, 4) is 0 Å². The van der Waals surface area contributed by atoms with Gasteiger partial charge in [-0.1, -0.05) is 36.8 Å². The van der Waals surface area contributed by atoms with E-state index in [-0.39, 0.29) is 0 Å². The van der Waals surface area contributed by atoms with Crippen molar-refractivity contribution in [2.45, 2.75) is 33.1 Å². The fraction of sp³-hybridized carbons (Fsp3) is 0.444. The van der Waals surface area contributed by atoms with E-state index >= 15 is 0 Å². The van der Waals surface area contributed by atoms with Crippen molar-refractivity contribution in [2.24, 2.45) is 5.92 Å². The van der Waals surface area contributed by atoms with Crippen LogP contribution in [0.3, 0.4) is 0 Å². The van der Waals surface area contributed by atoms with Gasteiger partial charge < -0.3 is 5.32 Å². The predicted octanol–water partition coefficient (Wildman–Crippen LogP) is 4.46. The van der Waals surface area contributed by atoms with Gasteiger partial charge >= 0.3 is 0 Å². The SMILES string of the molecule is CCCNCC(Cc1ccsc1)Cc1cccc(C)c1. The molecule has 0 saturated carbocycles. The molecule has 108 valence electrons. The monoisotopic (exact) mass is 287 g/mol. The summed E-state index contributed by atoms with van der Waals surface area (Å²) in [7, 11) is 0. The lowest BCUT2D eigenvalue weighted by atomic mass is 9.93. The van der Waals surface area contributed by atoms with Crippen LogP contribution in [0.5, 0.6) is 0 Å². The molecule has 0 spiro atoms. The van der Waals surface area contributed by atoms with E-state index in [0.717, 1.165) is 19.5 Å². The number of aryl methyl sites for hydroxylation is 1. The van der Waals surface area contributed by atoms with E-state index in [1.54, 1.807) is 11.3 Å². The van der Waals surface area contributed by atoms with Crippen molar-refractivity contribution in [3.63, 3.8) is 0 Å². The number of benzene rings is 1. The quantitative estimate of drug-likeness (QED) is 0.707. The van der Waals surface area contributed by atoms with E-state index in [9.17, 15) is 0 Å². The summed E-state index contributed by atoms with van der Waals surface area (Å²) in [5.74, 6) is 0.679. The first-order chi connectivity index (χ1) is 9.78. The molecule has 0 fully saturated rings. The second kappa shape index (κ2) is 8.23. The van der Waals surface area contributed by atoms with E-state index in [1.165, 1.54) is 29.5 Å². The van der Waals surface area contributed by atoms with Crippen LogP contribution >= 0.6 is 11.3 Å². The molecule has 0 aliphatic carbocycles. The van der Waals surface area contributed by atoms with Crippen LogP contribution in [0.2, 0.25) is 0 Å². The van der Waals surface area contributed by atoms with Crippen molar-refractivity contribution in [1.29, 1.82) is 0 Å². The maximum absolute atomic E-state index is 3.59. The van der Waals surface area contributed by atoms with E-state index < -0.39 is 0 Å². The molecular weight excluding hydrogens is 262 g/mol. The highest BCUT2D eigenvalue weighted by molar-refractivity contribution is 7.07. The molecule has 1 heterocycles. The Morgan fingerprint density at radius 3 is 2.70 bits per heavy atom. The van der Waals surface area contributed by atoms with Gasteiger partial charge in [0.05, 0.1) is 0 Å². The summed E-state index contributed by atoms with van der Waals surface area (Å²) in [5, 5.41) is 8.05. The Morgan fingerprint density at radius 1 is 1.15 bits per heavy atom. The summed E-state index contributed by atoms with van der Waals surface area (Å²) in [6, 6.07) is 11.2. The number of rotatable bonds is 8. The molecule has 0 radical (unpaired) electrons. The number of hydrogen-bond donors (Lipinski definition) is 1. The first-order valence-corrected chi connectivity index (χ1v) is 8.49. The van der Waals surface area contributed by atoms with Gasteiger partial charge in [-0.3, -0.25) is 0 Å². The topological polar surface area (TPSA) is 12.0 Å². The maximum atomic E-state index is 3.59. The van der Waals surface area contributed by atoms with E-state index in [0.29, 0.717) is 5.92 Å². The van der Waals surface area contributed by atoms with Gasteiger partial charge in [0.1, 0.15) is 0 Å². The summed E-state index contributed by atoms with van der Waals surface area (Å²) in [5.41, 5.74) is 4.30. The second-order valence-corrected chi connectivity index (χ2v) is 6.38. The zero-order valence-electron chi connectivity index (χ0n) is 12.6. The second-order valence-electron chi connectivity index (χ2n) is 5.60. The van der Waals surface area contributed by atoms with Crippen LogP contribution in [0.25, 0.3) is 0 Å². The molecule has 0 amide bonds. The number of hydrogen-bond acceptors (Lipinski definition) is 2. The Bertz CT molecular complexity index is 490. The van der Waals surface area contributed by atoms with Gasteiger partial charge in [0.2, 0.25) is 0 Å². The molecule has 1 unspecified atom stereocenters. The molecule has 0 saturated heterocycles. The molecule has 1 aromatic carbocycles. The molecule has 1 N–H and O–H groups in total. The van der Waals surface area contributed by atoms with E-state index in [2.05, 4.69) is 60.3 Å². The molecule has 1 aromatic heterocycles. The highest BCUT2D eigenvalue weighted by atomic mass is 32.1. The van der Waals surface area contributed by atoms with Crippen LogP contribution in [-0.4, -0.2) is 13.1 Å². The van der Waals surface area contributed by atoms with Crippen LogP contribution < -0.4 is 5.32 Å². The average molecular weight is 287 g/mol. The van der Waals surface area contributed by atoms with Crippen molar-refractivity contribution >= 4 is 11.3 Å². The number of thiophene rings is 1. The van der Waals surface area contributed by atoms with E-state index in [1.807, 2.05) is 0 Å². The third-order valence-electron chi connectivity index (χ3n) is 3.57. The molecule has 2 aromatic rings. The summed E-state index contributed by atoms with van der Waals surface area (Å²) < 4.78 is 0. The molecular formula is C18H25NS. The zero-order valence-corrected chi connectivity index (χ0v) is 13.4. The summed E-state index contributed by atoms with van der Waals surface area (Å²) in [6.45, 7) is 6.62. The maximum Gasteiger partial charge on any atom is -0.00141 e. The van der Waals surface area contributed by atoms with Gasteiger partial charge in [-0.2, -0.15) is 11.3 Å². The predicted molar refractivity (Wildman–Crippen MR) is 89.6 cm³/mol. The minimum absolute atomic E-state index is 0.679. The molecule has 0 bridgehead atoms. The van der Waals surface area contributed by atoms with Crippen molar-refractivity contribution < 1.29 is 0 Å². The molecule has 20 heavy (non-hydrogen) atoms. The van der Waals surface area contributed by atoms with Gasteiger partial charge in [-0.15, -0.1) is 0 Å². The first kappa shape index (κ1) is 15.3. The summed E-state index contributed by atoms with van der Waals surface area (Å²) >= 11 is 1.80. The van der Waals surface area contributed by atoms with Gasteiger partial charge in [-0.05, 0) is 73.1 Å². The van der Waals surface area contributed by atoms with E-state index in [4.69, 9.17) is 0 Å². The molecule has 0 aliphatic heterocycles. The smallest absolute Gasteiger partial charge is 0.00141 e. The third-order valence-corrected chi connectivity index (χ3v) is 4.30. The van der Waals surface area contributed by atoms with Gasteiger partial charge in [0.15, 0.2) is 0 Å². The Labute approximate surface area is 127 Å². The molecule has 1 atom stereocenters. The third kappa shape index (κ3) is 5.10. The largest absolute Gasteiger partial charge is 0.316 e. The van der Waals surface area contributed by atoms with Crippen LogP contribution in [-0.2, 0) is 12.8 Å². The molecule has 2 heteroatoms. The molecule has 2 rings (SSSR count). The minimum atomic E-state index is 0.679. The standard InChI is InChI=1S/C18H25NS/c1-3-8-19-13-18(12-17-7-9-20-14-17)11-16-6-4-5-15(2)10-16/h4-7,9-10,14,18-19H,3,8,11-13H2,1-2H3. The Hall–Kier alpha value is -1.12. The lowest BCUT2D eigenvalue weighted by Crippen LogP contribution is -2.26. The first-order valence-electron chi connectivity index (χ1n) is 7.55. The summed E-state index contributed by atoms with van der Waals surface area (Å²) in [6.07, 6.45) is 3.54. The van der Waals surface area contributed by atoms with Gasteiger partial charge in [0.25, 0.3) is 0 Å². The van der Waals surface area contributed by atoms with Crippen molar-refractivity contribution in [1.82, 2.24) is 5.32 Å². The van der Waals surface area contributed by atoms with Crippen molar-refractivity contribution in [2.75, 3.05) is 13.1 Å². The Morgan fingerprint density at radius 2 is 2.00 bits per heavy atom. The molecule has 1 nitrogen and oxygen atoms in total.